The van der Waals surface area contributed by atoms with Crippen molar-refractivity contribution in [3.63, 3.8) is 0 Å². The van der Waals surface area contributed by atoms with Crippen LogP contribution in [0.1, 0.15) is 27.2 Å². The zero-order chi connectivity index (χ0) is 14.3. The molecule has 1 saturated heterocycles. The number of carbonyl (C=O) groups is 1. The monoisotopic (exact) mass is 269 g/mol. The Kier molecular flexibility index (Phi) is 3.91. The molecule has 1 heterocycles. The third-order valence-corrected chi connectivity index (χ3v) is 5.00. The van der Waals surface area contributed by atoms with Gasteiger partial charge >= 0.3 is 0 Å². The van der Waals surface area contributed by atoms with Crippen molar-refractivity contribution >= 4 is 5.91 Å². The number of ether oxygens (including phenoxy) is 1. The van der Waals surface area contributed by atoms with Crippen molar-refractivity contribution in [2.24, 2.45) is 11.1 Å². The fourth-order valence-electron chi connectivity index (χ4n) is 3.09. The zero-order valence-corrected chi connectivity index (χ0v) is 12.6. The number of nitrogens with two attached hydrogens (primary N) is 1. The molecule has 0 aromatic carbocycles. The summed E-state index contributed by atoms with van der Waals surface area (Å²) in [4.78, 5) is 16.9. The molecule has 2 rings (SSSR count). The minimum absolute atomic E-state index is 0.0962. The minimum atomic E-state index is -0.761. The van der Waals surface area contributed by atoms with Crippen LogP contribution in [0.2, 0.25) is 0 Å². The van der Waals surface area contributed by atoms with Crippen molar-refractivity contribution in [1.82, 2.24) is 9.80 Å². The summed E-state index contributed by atoms with van der Waals surface area (Å²) in [6.07, 6.45) is 0.734. The molecule has 1 aliphatic heterocycles. The molecule has 0 bridgehead atoms. The zero-order valence-electron chi connectivity index (χ0n) is 12.6. The van der Waals surface area contributed by atoms with Crippen molar-refractivity contribution in [3.8, 4) is 0 Å². The third-order valence-electron chi connectivity index (χ3n) is 5.00. The molecule has 0 aromatic heterocycles. The Bertz CT molecular complexity index is 351. The van der Waals surface area contributed by atoms with E-state index in [1.54, 1.807) is 0 Å². The van der Waals surface area contributed by atoms with Gasteiger partial charge in [0, 0.05) is 44.6 Å². The maximum atomic E-state index is 12.7. The smallest absolute Gasteiger partial charge is 0.243 e. The fourth-order valence-corrected chi connectivity index (χ4v) is 3.09. The molecule has 1 amide bonds. The number of hydrogen-bond acceptors (Lipinski definition) is 4. The molecule has 0 radical (unpaired) electrons. The van der Waals surface area contributed by atoms with E-state index in [4.69, 9.17) is 10.5 Å². The molecule has 5 heteroatoms. The van der Waals surface area contributed by atoms with Crippen molar-refractivity contribution in [1.29, 1.82) is 0 Å². The van der Waals surface area contributed by atoms with E-state index in [0.29, 0.717) is 13.0 Å². The summed E-state index contributed by atoms with van der Waals surface area (Å²) < 4.78 is 5.68. The van der Waals surface area contributed by atoms with Crippen LogP contribution < -0.4 is 5.73 Å². The highest BCUT2D eigenvalue weighted by molar-refractivity contribution is 5.89. The summed E-state index contributed by atoms with van der Waals surface area (Å²) in [5.74, 6) is 0.0987. The number of carbonyl (C=O) groups excluding carboxylic acids is 1. The van der Waals surface area contributed by atoms with E-state index in [1.165, 1.54) is 0 Å². The summed E-state index contributed by atoms with van der Waals surface area (Å²) in [6, 6.07) is 0. The molecule has 5 nitrogen and oxygen atoms in total. The third kappa shape index (κ3) is 2.28. The molecule has 2 aliphatic rings. The first-order valence-electron chi connectivity index (χ1n) is 7.21. The SMILES string of the molecule is CCOC1CC(N)(C(=O)N2CCN(C)CC2)C1(C)C. The van der Waals surface area contributed by atoms with E-state index >= 15 is 0 Å². The molecule has 2 atom stereocenters. The van der Waals surface area contributed by atoms with Crippen LogP contribution in [0.5, 0.6) is 0 Å². The second kappa shape index (κ2) is 5.04. The van der Waals surface area contributed by atoms with Crippen LogP contribution >= 0.6 is 0 Å². The molecule has 1 saturated carbocycles. The average molecular weight is 269 g/mol. The molecule has 2 unspecified atom stereocenters. The Hall–Kier alpha value is -0.650. The molecule has 19 heavy (non-hydrogen) atoms. The second-order valence-electron chi connectivity index (χ2n) is 6.44. The van der Waals surface area contributed by atoms with Crippen LogP contribution in [0.3, 0.4) is 0 Å². The van der Waals surface area contributed by atoms with E-state index in [9.17, 15) is 4.79 Å². The standard InChI is InChI=1S/C14H27N3O2/c1-5-19-11-10-14(15,13(11,2)3)12(18)17-8-6-16(4)7-9-17/h11H,5-10,15H2,1-4H3. The lowest BCUT2D eigenvalue weighted by molar-refractivity contribution is -0.180. The second-order valence-corrected chi connectivity index (χ2v) is 6.44. The van der Waals surface area contributed by atoms with Crippen molar-refractivity contribution in [2.45, 2.75) is 38.8 Å². The summed E-state index contributed by atoms with van der Waals surface area (Å²) in [6.45, 7) is 10.2. The lowest BCUT2D eigenvalue weighted by Gasteiger charge is -2.59. The van der Waals surface area contributed by atoms with Gasteiger partial charge in [-0.15, -0.1) is 0 Å². The Morgan fingerprint density at radius 1 is 1.32 bits per heavy atom. The maximum Gasteiger partial charge on any atom is 0.243 e. The van der Waals surface area contributed by atoms with Gasteiger partial charge in [-0.05, 0) is 14.0 Å². The topological polar surface area (TPSA) is 58.8 Å². The van der Waals surface area contributed by atoms with Crippen LogP contribution in [0, 0.1) is 5.41 Å². The predicted molar refractivity (Wildman–Crippen MR) is 74.8 cm³/mol. The van der Waals surface area contributed by atoms with Gasteiger partial charge in [-0.2, -0.15) is 0 Å². The number of hydrogen-bond donors (Lipinski definition) is 1. The van der Waals surface area contributed by atoms with Gasteiger partial charge in [0.15, 0.2) is 0 Å². The summed E-state index contributed by atoms with van der Waals surface area (Å²) >= 11 is 0. The summed E-state index contributed by atoms with van der Waals surface area (Å²) in [5, 5.41) is 0. The molecule has 0 spiro atoms. The Morgan fingerprint density at radius 2 is 1.89 bits per heavy atom. The molecule has 0 aromatic rings. The fraction of sp³-hybridized carbons (Fsp3) is 0.929. The number of nitrogens with zero attached hydrogens (tertiary/aromatic N) is 2. The van der Waals surface area contributed by atoms with Gasteiger partial charge in [-0.1, -0.05) is 13.8 Å². The summed E-state index contributed by atoms with van der Waals surface area (Å²) in [7, 11) is 2.08. The number of rotatable bonds is 3. The van der Waals surface area contributed by atoms with Crippen LogP contribution in [-0.4, -0.2) is 67.2 Å². The molecule has 2 N–H and O–H groups in total. The normalized spacial score (nSPS) is 35.0. The van der Waals surface area contributed by atoms with Crippen LogP contribution in [0.15, 0.2) is 0 Å². The first kappa shape index (κ1) is 14.8. The Morgan fingerprint density at radius 3 is 2.37 bits per heavy atom. The van der Waals surface area contributed by atoms with Gasteiger partial charge in [0.05, 0.1) is 6.10 Å². The van der Waals surface area contributed by atoms with Gasteiger partial charge in [0.25, 0.3) is 0 Å². The number of likely N-dealkylation sites (N-methyl/N-ethyl adjacent to an activating group) is 1. The van der Waals surface area contributed by atoms with Gasteiger partial charge in [-0.25, -0.2) is 0 Å². The Labute approximate surface area is 116 Å². The lowest BCUT2D eigenvalue weighted by atomic mass is 9.54. The first-order chi connectivity index (χ1) is 8.83. The van der Waals surface area contributed by atoms with E-state index < -0.39 is 5.54 Å². The highest BCUT2D eigenvalue weighted by Gasteiger charge is 2.63. The van der Waals surface area contributed by atoms with Crippen molar-refractivity contribution in [2.75, 3.05) is 39.8 Å². The highest BCUT2D eigenvalue weighted by atomic mass is 16.5. The predicted octanol–water partition coefficient (Wildman–Crippen LogP) is 0.293. The van der Waals surface area contributed by atoms with Gasteiger partial charge in [-0.3, -0.25) is 4.79 Å². The van der Waals surface area contributed by atoms with Crippen LogP contribution in [0.25, 0.3) is 0 Å². The van der Waals surface area contributed by atoms with E-state index in [-0.39, 0.29) is 17.4 Å². The lowest BCUT2D eigenvalue weighted by Crippen LogP contribution is -2.76. The van der Waals surface area contributed by atoms with Crippen LogP contribution in [0.4, 0.5) is 0 Å². The average Bonchev–Trinajstić information content (AvgIpc) is 2.38. The van der Waals surface area contributed by atoms with Crippen LogP contribution in [-0.2, 0) is 9.53 Å². The maximum absolute atomic E-state index is 12.7. The first-order valence-corrected chi connectivity index (χ1v) is 7.21. The highest BCUT2D eigenvalue weighted by Crippen LogP contribution is 2.50. The van der Waals surface area contributed by atoms with Gasteiger partial charge in [0.1, 0.15) is 5.54 Å². The molecular formula is C14H27N3O2. The minimum Gasteiger partial charge on any atom is -0.378 e. The molecule has 1 aliphatic carbocycles. The molecular weight excluding hydrogens is 242 g/mol. The van der Waals surface area contributed by atoms with E-state index in [1.807, 2.05) is 25.7 Å². The largest absolute Gasteiger partial charge is 0.378 e. The van der Waals surface area contributed by atoms with Crippen molar-refractivity contribution in [3.05, 3.63) is 0 Å². The summed E-state index contributed by atoms with van der Waals surface area (Å²) in [5.41, 5.74) is 5.38. The van der Waals surface area contributed by atoms with E-state index in [2.05, 4.69) is 11.9 Å². The van der Waals surface area contributed by atoms with Gasteiger partial charge in [0.2, 0.25) is 5.91 Å². The van der Waals surface area contributed by atoms with E-state index in [0.717, 1.165) is 26.2 Å². The Balaban J connectivity index is 2.03. The van der Waals surface area contributed by atoms with Crippen molar-refractivity contribution < 1.29 is 9.53 Å². The molecule has 2 fully saturated rings. The molecule has 110 valence electrons. The number of amides is 1. The van der Waals surface area contributed by atoms with Gasteiger partial charge < -0.3 is 20.3 Å². The quantitative estimate of drug-likeness (QED) is 0.800. The number of piperazine rings is 1.